The van der Waals surface area contributed by atoms with Crippen LogP contribution < -0.4 is 5.32 Å². The number of aliphatic hydroxyl groups is 5. The van der Waals surface area contributed by atoms with Crippen LogP contribution in [-0.4, -0.2) is 159 Å². The van der Waals surface area contributed by atoms with E-state index in [1.807, 2.05) is 16.8 Å². The molecule has 4 heterocycles. The van der Waals surface area contributed by atoms with Gasteiger partial charge in [-0.25, -0.2) is 9.59 Å². The molecule has 1 amide bonds. The Kier molecular flexibility index (Phi) is 17.9. The van der Waals surface area contributed by atoms with Crippen LogP contribution >= 0.6 is 0 Å². The molecule has 2 saturated carbocycles. The molecule has 73 heavy (non-hydrogen) atoms. The highest BCUT2D eigenvalue weighted by atomic mass is 16.7. The predicted molar refractivity (Wildman–Crippen MR) is 254 cm³/mol. The van der Waals surface area contributed by atoms with Gasteiger partial charge in [0.1, 0.15) is 42.3 Å². The van der Waals surface area contributed by atoms with E-state index < -0.39 is 115 Å². The number of ether oxygens (including phenoxy) is 6. The highest BCUT2D eigenvalue weighted by Crippen LogP contribution is 2.39. The normalized spacial score (nSPS) is 31.4. The first-order valence-electron chi connectivity index (χ1n) is 25.1. The number of benzene rings is 2. The minimum atomic E-state index is -1.71. The van der Waals surface area contributed by atoms with Crippen LogP contribution in [0.1, 0.15) is 87.7 Å². The number of nitro groups is 1. The number of fused-ring (bicyclic) bond motifs is 1. The molecule has 4 fully saturated rings. The fraction of sp³-hybridized carbons (Fsp3) is 0.620. The number of aryl methyl sites for hydroxylation is 2. The Hall–Kier alpha value is -5.47. The van der Waals surface area contributed by atoms with Crippen LogP contribution in [0.15, 0.2) is 67.0 Å². The van der Waals surface area contributed by atoms with Crippen molar-refractivity contribution in [2.45, 2.75) is 171 Å². The molecule has 4 aromatic rings. The number of carbonyl (C=O) groups excluding carboxylic acids is 2. The third-order valence-corrected chi connectivity index (χ3v) is 14.6. The summed E-state index contributed by atoms with van der Waals surface area (Å²) in [6.07, 6.45) is -10.0. The van der Waals surface area contributed by atoms with E-state index in [0.29, 0.717) is 25.2 Å². The maximum absolute atomic E-state index is 14.1. The van der Waals surface area contributed by atoms with Crippen molar-refractivity contribution in [3.05, 3.63) is 88.4 Å². The molecule has 0 spiro atoms. The SMILES string of the molecule is C[C@@H]1O[C@@H](O[C@@H]2[C@@H](C)C[C@@H](C(=O)NCc3cn(CCCn4ccc5cc([N+](=O)[O-])ccc54)nn3)C[C@H]2O[C@@H]2O[C@H](CO)[C@H](O)[C@H](O[C@@H](CC3CCCCC3)C(=O)O)[C@H]2OC(=O)c2ccccc2)[C@@H](O)[C@H](O)[C@@H]1O. The molecular weight excluding hydrogens is 957 g/mol. The zero-order valence-corrected chi connectivity index (χ0v) is 40.7. The summed E-state index contributed by atoms with van der Waals surface area (Å²) in [5, 5.41) is 88.3. The molecule has 23 nitrogen and oxygen atoms in total. The van der Waals surface area contributed by atoms with Gasteiger partial charge >= 0.3 is 11.9 Å². The Morgan fingerprint density at radius 3 is 2.38 bits per heavy atom. The average molecular weight is 1020 g/mol. The van der Waals surface area contributed by atoms with Gasteiger partial charge in [-0.2, -0.15) is 0 Å². The van der Waals surface area contributed by atoms with E-state index in [0.717, 1.165) is 43.0 Å². The Bertz CT molecular complexity index is 2490. The third kappa shape index (κ3) is 12.9. The van der Waals surface area contributed by atoms with Crippen LogP contribution in [-0.2, 0) is 57.6 Å². The van der Waals surface area contributed by atoms with Gasteiger partial charge in [-0.3, -0.25) is 19.6 Å². The predicted octanol–water partition coefficient (Wildman–Crippen LogP) is 2.60. The van der Waals surface area contributed by atoms with Crippen molar-refractivity contribution in [3.8, 4) is 0 Å². The second-order valence-electron chi connectivity index (χ2n) is 19.8. The summed E-state index contributed by atoms with van der Waals surface area (Å²) < 4.78 is 41.1. The number of carboxylic acids is 1. The summed E-state index contributed by atoms with van der Waals surface area (Å²) in [4.78, 5) is 51.6. The smallest absolute Gasteiger partial charge is 0.338 e. The molecule has 8 rings (SSSR count). The average Bonchev–Trinajstić information content (AvgIpc) is 4.03. The molecule has 398 valence electrons. The van der Waals surface area contributed by atoms with E-state index in [1.165, 1.54) is 31.2 Å². The Balaban J connectivity index is 1.00. The molecule has 0 bridgehead atoms. The number of aliphatic carboxylic acids is 1. The Labute approximate surface area is 420 Å². The number of nitro benzene ring substituents is 1. The summed E-state index contributed by atoms with van der Waals surface area (Å²) in [5.74, 6) is -3.85. The molecule has 2 saturated heterocycles. The van der Waals surface area contributed by atoms with Gasteiger partial charge in [0.25, 0.3) is 5.69 Å². The van der Waals surface area contributed by atoms with E-state index in [4.69, 9.17) is 28.4 Å². The first-order chi connectivity index (χ1) is 35.1. The van der Waals surface area contributed by atoms with Crippen LogP contribution in [0.5, 0.6) is 0 Å². The lowest BCUT2D eigenvalue weighted by molar-refractivity contribution is -0.384. The number of aromatic nitrogens is 4. The van der Waals surface area contributed by atoms with Crippen LogP contribution in [0.2, 0.25) is 0 Å². The quantitative estimate of drug-likeness (QED) is 0.0380. The number of non-ortho nitro benzene ring substituents is 1. The summed E-state index contributed by atoms with van der Waals surface area (Å²) in [5.41, 5.74) is 1.47. The standard InChI is InChI=1S/C50H66N6O17/c1-27-20-32(46(62)51-24-33-25-55(53-52-33)18-9-17-54-19-16-31-22-34(56(66)67)14-15-35(31)54)23-36(43(27)73-49-42(61)41(60)39(58)28(2)68-49)70-50-45(72-48(65)30-12-7-4-8-13-30)44(40(59)38(26-57)71-50)69-37(47(63)64)21-29-10-5-3-6-11-29/h4,7-8,12-16,19,22,25,27-29,32,36-45,49-50,57-61H,3,5-6,9-11,17-18,20-21,23-24,26H2,1-2H3,(H,51,62)(H,63,64)/t27-,28-,32+,36+,37-,38+,39+,40-,41+,42-,43+,44-,45+,49-,50+/m0/s1. The molecule has 2 aromatic carbocycles. The second kappa shape index (κ2) is 24.3. The number of aliphatic hydroxyl groups excluding tert-OH is 5. The molecule has 0 radical (unpaired) electrons. The number of esters is 1. The number of nitrogens with one attached hydrogen (secondary N) is 1. The molecule has 2 aliphatic carbocycles. The summed E-state index contributed by atoms with van der Waals surface area (Å²) >= 11 is 0. The number of amides is 1. The van der Waals surface area contributed by atoms with E-state index in [-0.39, 0.29) is 48.9 Å². The van der Waals surface area contributed by atoms with E-state index in [2.05, 4.69) is 15.6 Å². The Morgan fingerprint density at radius 2 is 1.66 bits per heavy atom. The van der Waals surface area contributed by atoms with Gasteiger partial charge < -0.3 is 68.9 Å². The van der Waals surface area contributed by atoms with Crippen LogP contribution in [0, 0.1) is 27.9 Å². The molecule has 0 unspecified atom stereocenters. The Morgan fingerprint density at radius 1 is 0.890 bits per heavy atom. The number of carboxylic acid groups (broad SMARTS) is 1. The summed E-state index contributed by atoms with van der Waals surface area (Å²) in [7, 11) is 0. The van der Waals surface area contributed by atoms with Crippen LogP contribution in [0.4, 0.5) is 5.69 Å². The van der Waals surface area contributed by atoms with Gasteiger partial charge in [0.2, 0.25) is 5.91 Å². The fourth-order valence-corrected chi connectivity index (χ4v) is 10.6. The summed E-state index contributed by atoms with van der Waals surface area (Å²) in [6, 6.07) is 14.5. The molecular formula is C50H66N6O17. The van der Waals surface area contributed by atoms with Crippen molar-refractivity contribution in [3.63, 3.8) is 0 Å². The van der Waals surface area contributed by atoms with Crippen molar-refractivity contribution < 1.29 is 78.4 Å². The van der Waals surface area contributed by atoms with Gasteiger partial charge in [-0.15, -0.1) is 5.10 Å². The fourth-order valence-electron chi connectivity index (χ4n) is 10.6. The molecule has 2 aromatic heterocycles. The molecule has 2 aliphatic heterocycles. The van der Waals surface area contributed by atoms with Crippen molar-refractivity contribution in [1.29, 1.82) is 0 Å². The molecule has 23 heteroatoms. The van der Waals surface area contributed by atoms with Crippen LogP contribution in [0.3, 0.4) is 0 Å². The monoisotopic (exact) mass is 1020 g/mol. The largest absolute Gasteiger partial charge is 0.479 e. The van der Waals surface area contributed by atoms with Crippen molar-refractivity contribution in [2.75, 3.05) is 6.61 Å². The maximum atomic E-state index is 14.1. The molecule has 7 N–H and O–H groups in total. The number of hydrogen-bond donors (Lipinski definition) is 7. The van der Waals surface area contributed by atoms with Crippen molar-refractivity contribution in [2.24, 2.45) is 17.8 Å². The number of rotatable bonds is 20. The maximum Gasteiger partial charge on any atom is 0.338 e. The number of hydrogen-bond acceptors (Lipinski definition) is 18. The highest BCUT2D eigenvalue weighted by Gasteiger charge is 2.54. The molecule has 4 aliphatic rings. The molecule has 15 atom stereocenters. The minimum Gasteiger partial charge on any atom is -0.479 e. The van der Waals surface area contributed by atoms with E-state index in [1.54, 1.807) is 42.1 Å². The zero-order chi connectivity index (χ0) is 51.9. The highest BCUT2D eigenvalue weighted by molar-refractivity contribution is 5.89. The second-order valence-corrected chi connectivity index (χ2v) is 19.8. The minimum absolute atomic E-state index is 0.0142. The van der Waals surface area contributed by atoms with Crippen molar-refractivity contribution in [1.82, 2.24) is 24.9 Å². The van der Waals surface area contributed by atoms with Gasteiger partial charge in [-0.05, 0) is 68.7 Å². The topological polar surface area (TPSA) is 319 Å². The van der Waals surface area contributed by atoms with E-state index >= 15 is 0 Å². The third-order valence-electron chi connectivity index (χ3n) is 14.6. The van der Waals surface area contributed by atoms with E-state index in [9.17, 15) is 55.1 Å². The van der Waals surface area contributed by atoms with Gasteiger partial charge in [0.15, 0.2) is 24.8 Å². The first kappa shape index (κ1) is 53.8. The van der Waals surface area contributed by atoms with Gasteiger partial charge in [0.05, 0.1) is 48.1 Å². The lowest BCUT2D eigenvalue weighted by Crippen LogP contribution is -2.64. The summed E-state index contributed by atoms with van der Waals surface area (Å²) in [6.45, 7) is 3.61. The first-order valence-corrected chi connectivity index (χ1v) is 25.1. The van der Waals surface area contributed by atoms with Gasteiger partial charge in [0, 0.05) is 48.2 Å². The number of nitrogens with zero attached hydrogens (tertiary/aromatic N) is 5. The zero-order valence-electron chi connectivity index (χ0n) is 40.7. The lowest BCUT2D eigenvalue weighted by Gasteiger charge is -2.48. The van der Waals surface area contributed by atoms with Gasteiger partial charge in [-0.1, -0.05) is 62.4 Å². The van der Waals surface area contributed by atoms with Crippen molar-refractivity contribution >= 4 is 34.4 Å². The van der Waals surface area contributed by atoms with Crippen LogP contribution in [0.25, 0.3) is 10.9 Å². The lowest BCUT2D eigenvalue weighted by atomic mass is 9.77. The number of carbonyl (C=O) groups is 3.